The minimum atomic E-state index is -0.532. The maximum Gasteiger partial charge on any atom is 0.163 e. The third-order valence-corrected chi connectivity index (χ3v) is 7.53. The van der Waals surface area contributed by atoms with E-state index in [4.69, 9.17) is 30.8 Å². The van der Waals surface area contributed by atoms with Crippen LogP contribution in [-0.2, 0) is 13.1 Å². The number of aromatic nitrogens is 4. The Morgan fingerprint density at radius 1 is 1.15 bits per heavy atom. The lowest BCUT2D eigenvalue weighted by Gasteiger charge is -2.22. The molecule has 1 N–H and O–H groups in total. The number of anilines is 2. The third-order valence-electron chi connectivity index (χ3n) is 7.20. The monoisotopic (exact) mass is 562 g/mol. The van der Waals surface area contributed by atoms with Crippen molar-refractivity contribution >= 4 is 23.2 Å². The van der Waals surface area contributed by atoms with Crippen LogP contribution in [0.25, 0.3) is 22.6 Å². The molecule has 0 amide bonds. The van der Waals surface area contributed by atoms with Gasteiger partial charge in [-0.25, -0.2) is 15.0 Å². The zero-order chi connectivity index (χ0) is 28.6. The van der Waals surface area contributed by atoms with Gasteiger partial charge in [0.1, 0.15) is 29.8 Å². The number of ether oxygens (including phenoxy) is 1. The largest absolute Gasteiger partial charge is 0.491 e. The molecule has 1 atom stereocenters. The van der Waals surface area contributed by atoms with Gasteiger partial charge in [0.25, 0.3) is 0 Å². The van der Waals surface area contributed by atoms with E-state index in [0.717, 1.165) is 40.6 Å². The molecule has 0 fully saturated rings. The van der Waals surface area contributed by atoms with E-state index < -0.39 is 6.10 Å². The van der Waals surface area contributed by atoms with Crippen LogP contribution < -0.4 is 14.5 Å². The van der Waals surface area contributed by atoms with E-state index in [-0.39, 0.29) is 6.61 Å². The molecule has 5 rings (SSSR count). The molecule has 0 bridgehead atoms. The summed E-state index contributed by atoms with van der Waals surface area (Å²) in [6.07, 6.45) is 2.88. The van der Waals surface area contributed by atoms with Crippen molar-refractivity contribution in [3.05, 3.63) is 63.6 Å². The molecular weight excluding hydrogens is 528 g/mol. The molecule has 0 radical (unpaired) electrons. The number of hydrogen-bond donors (Lipinski definition) is 1. The first kappa shape index (κ1) is 27.9. The van der Waals surface area contributed by atoms with Crippen molar-refractivity contribution in [2.75, 3.05) is 30.5 Å². The minimum absolute atomic E-state index is 0.202. The summed E-state index contributed by atoms with van der Waals surface area (Å²) in [5.74, 6) is 3.52. The molecule has 10 heteroatoms. The van der Waals surface area contributed by atoms with Crippen molar-refractivity contribution in [3.63, 3.8) is 0 Å². The highest BCUT2D eigenvalue weighted by atomic mass is 35.5. The normalized spacial score (nSPS) is 13.4. The van der Waals surface area contributed by atoms with Crippen molar-refractivity contribution in [2.45, 2.75) is 59.7 Å². The molecule has 1 aromatic carbocycles. The second-order valence-electron chi connectivity index (χ2n) is 10.5. The van der Waals surface area contributed by atoms with Gasteiger partial charge in [-0.15, -0.1) is 0 Å². The van der Waals surface area contributed by atoms with Crippen LogP contribution in [0.5, 0.6) is 5.75 Å². The number of hydrogen-bond acceptors (Lipinski definition) is 9. The predicted octanol–water partition coefficient (Wildman–Crippen LogP) is 5.90. The lowest BCUT2D eigenvalue weighted by Crippen LogP contribution is -2.20. The van der Waals surface area contributed by atoms with Gasteiger partial charge in [0.2, 0.25) is 0 Å². The SMILES string of the molecule is CCC[C@@H](O)COc1ccc(Cl)c(-c2nc(-c3c(C)noc3C)c(C)c(N3Cc4ccnc(N(C)C)c4C3)n2)c1. The average molecular weight is 563 g/mol. The van der Waals surface area contributed by atoms with E-state index >= 15 is 0 Å². The zero-order valence-corrected chi connectivity index (χ0v) is 24.6. The molecular formula is C30H35ClN6O3. The fourth-order valence-corrected chi connectivity index (χ4v) is 5.40. The standard InChI is InChI=1S/C30H35ClN6O3/c1-7-8-21(38)16-39-22-9-10-25(31)23(13-22)28-33-27(26-18(3)35-40-19(26)4)17(2)29(34-28)37-14-20-11-12-32-30(36(5)6)24(20)15-37/h9-13,21,38H,7-8,14-16H2,1-6H3/t21-/m1/s1. The van der Waals surface area contributed by atoms with E-state index in [1.807, 2.05) is 59.0 Å². The van der Waals surface area contributed by atoms with Gasteiger partial charge in [0.15, 0.2) is 5.82 Å². The van der Waals surface area contributed by atoms with Crippen LogP contribution in [0.15, 0.2) is 35.0 Å². The highest BCUT2D eigenvalue weighted by Gasteiger charge is 2.29. The average Bonchev–Trinajstić information content (AvgIpc) is 3.51. The molecule has 0 saturated carbocycles. The predicted molar refractivity (Wildman–Crippen MR) is 157 cm³/mol. The first-order valence-electron chi connectivity index (χ1n) is 13.5. The highest BCUT2D eigenvalue weighted by molar-refractivity contribution is 6.33. The third kappa shape index (κ3) is 5.36. The number of aliphatic hydroxyl groups is 1. The Bertz CT molecular complexity index is 1520. The van der Waals surface area contributed by atoms with Gasteiger partial charge in [-0.2, -0.15) is 0 Å². The van der Waals surface area contributed by atoms with E-state index in [2.05, 4.69) is 21.1 Å². The van der Waals surface area contributed by atoms with E-state index in [9.17, 15) is 5.11 Å². The molecule has 40 heavy (non-hydrogen) atoms. The molecule has 0 spiro atoms. The Hall–Kier alpha value is -3.69. The van der Waals surface area contributed by atoms with Crippen LogP contribution >= 0.6 is 11.6 Å². The second-order valence-corrected chi connectivity index (χ2v) is 10.9. The maximum absolute atomic E-state index is 10.2. The van der Waals surface area contributed by atoms with E-state index in [1.54, 1.807) is 12.1 Å². The van der Waals surface area contributed by atoms with Gasteiger partial charge in [-0.1, -0.05) is 30.1 Å². The van der Waals surface area contributed by atoms with Gasteiger partial charge in [-0.3, -0.25) is 0 Å². The van der Waals surface area contributed by atoms with Crippen molar-refractivity contribution in [1.29, 1.82) is 0 Å². The maximum atomic E-state index is 10.2. The van der Waals surface area contributed by atoms with Crippen LogP contribution in [-0.4, -0.2) is 52.0 Å². The molecule has 9 nitrogen and oxygen atoms in total. The van der Waals surface area contributed by atoms with Gasteiger partial charge in [-0.05, 0) is 57.0 Å². The van der Waals surface area contributed by atoms with Gasteiger partial charge >= 0.3 is 0 Å². The summed E-state index contributed by atoms with van der Waals surface area (Å²) in [5.41, 5.74) is 6.33. The molecule has 3 aromatic heterocycles. The molecule has 4 aromatic rings. The Morgan fingerprint density at radius 2 is 1.95 bits per heavy atom. The molecule has 0 aliphatic carbocycles. The molecule has 0 saturated heterocycles. The Kier molecular flexibility index (Phi) is 7.96. The lowest BCUT2D eigenvalue weighted by molar-refractivity contribution is 0.0994. The fourth-order valence-electron chi connectivity index (χ4n) is 5.20. The first-order chi connectivity index (χ1) is 19.2. The van der Waals surface area contributed by atoms with Crippen molar-refractivity contribution < 1.29 is 14.4 Å². The van der Waals surface area contributed by atoms with Gasteiger partial charge in [0.05, 0.1) is 28.1 Å². The van der Waals surface area contributed by atoms with Crippen molar-refractivity contribution in [1.82, 2.24) is 20.1 Å². The van der Waals surface area contributed by atoms with E-state index in [0.29, 0.717) is 47.4 Å². The number of aryl methyl sites for hydroxylation is 2. The summed E-state index contributed by atoms with van der Waals surface area (Å²) in [4.78, 5) is 19.0. The highest BCUT2D eigenvalue weighted by Crippen LogP contribution is 2.40. The minimum Gasteiger partial charge on any atom is -0.491 e. The second kappa shape index (κ2) is 11.4. The summed E-state index contributed by atoms with van der Waals surface area (Å²) < 4.78 is 11.4. The summed E-state index contributed by atoms with van der Waals surface area (Å²) in [6, 6.07) is 7.47. The molecule has 1 aliphatic rings. The Labute approximate surface area is 239 Å². The molecule has 210 valence electrons. The van der Waals surface area contributed by atoms with Crippen LogP contribution in [0.4, 0.5) is 11.6 Å². The summed E-state index contributed by atoms with van der Waals surface area (Å²) in [6.45, 7) is 9.43. The molecule has 4 heterocycles. The number of aliphatic hydroxyl groups excluding tert-OH is 1. The number of halogens is 1. The number of nitrogens with zero attached hydrogens (tertiary/aromatic N) is 6. The Balaban J connectivity index is 1.61. The van der Waals surface area contributed by atoms with Crippen molar-refractivity contribution in [2.24, 2.45) is 0 Å². The topological polar surface area (TPSA) is 101 Å². The van der Waals surface area contributed by atoms with Crippen LogP contribution in [0, 0.1) is 20.8 Å². The molecule has 1 aliphatic heterocycles. The number of fused-ring (bicyclic) bond motifs is 1. The summed E-state index contributed by atoms with van der Waals surface area (Å²) >= 11 is 6.72. The number of benzene rings is 1. The first-order valence-corrected chi connectivity index (χ1v) is 13.9. The van der Waals surface area contributed by atoms with Gasteiger partial charge in [0, 0.05) is 50.1 Å². The zero-order valence-electron chi connectivity index (χ0n) is 23.8. The van der Waals surface area contributed by atoms with E-state index in [1.165, 1.54) is 11.1 Å². The summed E-state index contributed by atoms with van der Waals surface area (Å²) in [7, 11) is 4.01. The number of pyridine rings is 1. The van der Waals surface area contributed by atoms with Gasteiger partial charge < -0.3 is 24.2 Å². The van der Waals surface area contributed by atoms with Crippen molar-refractivity contribution in [3.8, 4) is 28.4 Å². The van der Waals surface area contributed by atoms with Crippen LogP contribution in [0.1, 0.15) is 47.9 Å². The van der Waals surface area contributed by atoms with Crippen LogP contribution in [0.2, 0.25) is 5.02 Å². The van der Waals surface area contributed by atoms with Crippen LogP contribution in [0.3, 0.4) is 0 Å². The quantitative estimate of drug-likeness (QED) is 0.267. The smallest absolute Gasteiger partial charge is 0.163 e. The fraction of sp³-hybridized carbons (Fsp3) is 0.400. The number of rotatable bonds is 9. The summed E-state index contributed by atoms with van der Waals surface area (Å²) in [5, 5.41) is 14.8. The Morgan fingerprint density at radius 3 is 2.65 bits per heavy atom. The molecule has 0 unspecified atom stereocenters. The lowest BCUT2D eigenvalue weighted by atomic mass is 10.0.